The molecule has 0 aromatic carbocycles. The Balaban J connectivity index is 1.89. The highest BCUT2D eigenvalue weighted by atomic mass is 16.5. The van der Waals surface area contributed by atoms with Crippen molar-refractivity contribution in [1.82, 2.24) is 10.3 Å². The second kappa shape index (κ2) is 5.60. The van der Waals surface area contributed by atoms with Gasteiger partial charge in [-0.3, -0.25) is 4.79 Å². The van der Waals surface area contributed by atoms with E-state index in [9.17, 15) is 4.79 Å². The van der Waals surface area contributed by atoms with Gasteiger partial charge in [-0.1, -0.05) is 0 Å². The smallest absolute Gasteiger partial charge is 0.248 e. The van der Waals surface area contributed by atoms with Gasteiger partial charge >= 0.3 is 0 Å². The molecule has 1 aliphatic heterocycles. The zero-order chi connectivity index (χ0) is 12.1. The van der Waals surface area contributed by atoms with Gasteiger partial charge in [0.05, 0.1) is 6.61 Å². The van der Waals surface area contributed by atoms with E-state index in [0.717, 1.165) is 13.1 Å². The average molecular weight is 237 g/mol. The summed E-state index contributed by atoms with van der Waals surface area (Å²) in [5, 5.41) is 3.20. The Morgan fingerprint density at radius 3 is 3.29 bits per heavy atom. The Hall–Kier alpha value is -1.66. The third-order valence-corrected chi connectivity index (χ3v) is 2.44. The molecule has 0 spiro atoms. The molecule has 0 saturated carbocycles. The van der Waals surface area contributed by atoms with Crippen molar-refractivity contribution in [1.29, 1.82) is 0 Å². The first-order chi connectivity index (χ1) is 8.25. The maximum absolute atomic E-state index is 11.0. The van der Waals surface area contributed by atoms with Crippen molar-refractivity contribution in [3.8, 4) is 5.88 Å². The average Bonchev–Trinajstić information content (AvgIpc) is 2.38. The lowest BCUT2D eigenvalue weighted by Crippen LogP contribution is -2.41. The number of nitrogens with two attached hydrogens (primary N) is 1. The molecule has 6 heteroatoms. The molecule has 2 rings (SSSR count). The van der Waals surface area contributed by atoms with Gasteiger partial charge in [0.15, 0.2) is 0 Å². The third-order valence-electron chi connectivity index (χ3n) is 2.44. The normalized spacial score (nSPS) is 19.9. The number of amides is 1. The molecule has 92 valence electrons. The lowest BCUT2D eigenvalue weighted by Gasteiger charge is -2.23. The predicted octanol–water partition coefficient (Wildman–Crippen LogP) is -0.452. The van der Waals surface area contributed by atoms with Gasteiger partial charge in [-0.2, -0.15) is 0 Å². The van der Waals surface area contributed by atoms with E-state index in [1.165, 1.54) is 12.3 Å². The van der Waals surface area contributed by atoms with Crippen molar-refractivity contribution >= 4 is 5.91 Å². The van der Waals surface area contributed by atoms with E-state index in [0.29, 0.717) is 24.7 Å². The van der Waals surface area contributed by atoms with Crippen LogP contribution in [0.1, 0.15) is 10.4 Å². The first kappa shape index (κ1) is 11.8. The summed E-state index contributed by atoms with van der Waals surface area (Å²) < 4.78 is 10.9. The van der Waals surface area contributed by atoms with Gasteiger partial charge in [-0.25, -0.2) is 4.98 Å². The fraction of sp³-hybridized carbons (Fsp3) is 0.455. The molecule has 6 nitrogen and oxygen atoms in total. The molecule has 3 N–H and O–H groups in total. The quantitative estimate of drug-likeness (QED) is 0.740. The molecule has 1 saturated heterocycles. The molecule has 1 aliphatic rings. The highest BCUT2D eigenvalue weighted by Crippen LogP contribution is 2.09. The van der Waals surface area contributed by atoms with Crippen molar-refractivity contribution < 1.29 is 14.3 Å². The van der Waals surface area contributed by atoms with Gasteiger partial charge in [0.2, 0.25) is 11.8 Å². The second-order valence-corrected chi connectivity index (χ2v) is 3.75. The van der Waals surface area contributed by atoms with Gasteiger partial charge in [0.1, 0.15) is 12.7 Å². The number of nitrogens with zero attached hydrogens (tertiary/aromatic N) is 1. The molecule has 1 fully saturated rings. The number of morpholine rings is 1. The number of pyridine rings is 1. The molecule has 1 aromatic rings. The van der Waals surface area contributed by atoms with Crippen LogP contribution in [0.3, 0.4) is 0 Å². The third kappa shape index (κ3) is 3.40. The summed E-state index contributed by atoms with van der Waals surface area (Å²) >= 11 is 0. The zero-order valence-corrected chi connectivity index (χ0v) is 9.39. The van der Waals surface area contributed by atoms with Crippen LogP contribution < -0.4 is 15.8 Å². The van der Waals surface area contributed by atoms with Crippen molar-refractivity contribution in [3.63, 3.8) is 0 Å². The van der Waals surface area contributed by atoms with Crippen molar-refractivity contribution in [2.45, 2.75) is 6.10 Å². The summed E-state index contributed by atoms with van der Waals surface area (Å²) in [5.74, 6) is -0.108. The molecular formula is C11H15N3O3. The lowest BCUT2D eigenvalue weighted by molar-refractivity contribution is -0.000750. The fourth-order valence-corrected chi connectivity index (χ4v) is 1.55. The van der Waals surface area contributed by atoms with Gasteiger partial charge < -0.3 is 20.5 Å². The number of hydrogen-bond donors (Lipinski definition) is 2. The molecular weight excluding hydrogens is 222 g/mol. The maximum Gasteiger partial charge on any atom is 0.248 e. The largest absolute Gasteiger partial charge is 0.475 e. The summed E-state index contributed by atoms with van der Waals surface area (Å²) in [6.07, 6.45) is 1.51. The topological polar surface area (TPSA) is 86.5 Å². The first-order valence-electron chi connectivity index (χ1n) is 5.46. The standard InChI is InChI=1S/C11H15N3O3/c12-11(15)8-1-2-14-10(5-8)17-7-9-6-13-3-4-16-9/h1-2,5,9,13H,3-4,6-7H2,(H2,12,15). The molecule has 17 heavy (non-hydrogen) atoms. The number of ether oxygens (including phenoxy) is 2. The molecule has 1 unspecified atom stereocenters. The maximum atomic E-state index is 11.0. The van der Waals surface area contributed by atoms with E-state index >= 15 is 0 Å². The Morgan fingerprint density at radius 2 is 2.59 bits per heavy atom. The molecule has 1 aromatic heterocycles. The van der Waals surface area contributed by atoms with Crippen LogP contribution in [0, 0.1) is 0 Å². The van der Waals surface area contributed by atoms with E-state index in [1.54, 1.807) is 6.07 Å². The van der Waals surface area contributed by atoms with Crippen LogP contribution in [-0.2, 0) is 4.74 Å². The number of primary amides is 1. The predicted molar refractivity (Wildman–Crippen MR) is 60.9 cm³/mol. The van der Waals surface area contributed by atoms with Crippen molar-refractivity contribution in [2.75, 3.05) is 26.3 Å². The number of carbonyl (C=O) groups is 1. The molecule has 0 aliphatic carbocycles. The molecule has 1 atom stereocenters. The van der Waals surface area contributed by atoms with Crippen LogP contribution in [0.4, 0.5) is 0 Å². The Bertz CT molecular complexity index is 391. The monoisotopic (exact) mass is 237 g/mol. The summed E-state index contributed by atoms with van der Waals surface area (Å²) in [6, 6.07) is 3.08. The first-order valence-corrected chi connectivity index (χ1v) is 5.46. The summed E-state index contributed by atoms with van der Waals surface area (Å²) in [6.45, 7) is 2.71. The minimum absolute atomic E-state index is 0.0165. The van der Waals surface area contributed by atoms with Crippen LogP contribution in [0.15, 0.2) is 18.3 Å². The van der Waals surface area contributed by atoms with E-state index < -0.39 is 5.91 Å². The fourth-order valence-electron chi connectivity index (χ4n) is 1.55. The number of nitrogens with one attached hydrogen (secondary N) is 1. The van der Waals surface area contributed by atoms with Gasteiger partial charge in [0, 0.05) is 30.9 Å². The summed E-state index contributed by atoms with van der Waals surface area (Å²) in [7, 11) is 0. The SMILES string of the molecule is NC(=O)c1ccnc(OCC2CNCCO2)c1. The zero-order valence-electron chi connectivity index (χ0n) is 9.39. The molecule has 2 heterocycles. The van der Waals surface area contributed by atoms with Gasteiger partial charge in [-0.05, 0) is 6.07 Å². The minimum atomic E-state index is -0.493. The Labute approximate surface area is 99.1 Å². The Morgan fingerprint density at radius 1 is 1.71 bits per heavy atom. The highest BCUT2D eigenvalue weighted by molar-refractivity contribution is 5.92. The van der Waals surface area contributed by atoms with Crippen LogP contribution in [0.5, 0.6) is 5.88 Å². The Kier molecular flexibility index (Phi) is 3.89. The van der Waals surface area contributed by atoms with Crippen LogP contribution in [0.25, 0.3) is 0 Å². The number of hydrogen-bond acceptors (Lipinski definition) is 5. The van der Waals surface area contributed by atoms with Gasteiger partial charge in [-0.15, -0.1) is 0 Å². The second-order valence-electron chi connectivity index (χ2n) is 3.75. The van der Waals surface area contributed by atoms with Crippen LogP contribution in [0.2, 0.25) is 0 Å². The highest BCUT2D eigenvalue weighted by Gasteiger charge is 2.14. The van der Waals surface area contributed by atoms with Crippen LogP contribution >= 0.6 is 0 Å². The number of aromatic nitrogens is 1. The van der Waals surface area contributed by atoms with Crippen LogP contribution in [-0.4, -0.2) is 43.3 Å². The summed E-state index contributed by atoms with van der Waals surface area (Å²) in [4.78, 5) is 15.0. The van der Waals surface area contributed by atoms with E-state index in [2.05, 4.69) is 10.3 Å². The molecule has 0 bridgehead atoms. The molecule has 1 amide bonds. The van der Waals surface area contributed by atoms with Gasteiger partial charge in [0.25, 0.3) is 0 Å². The van der Waals surface area contributed by atoms with E-state index in [1.807, 2.05) is 0 Å². The van der Waals surface area contributed by atoms with E-state index in [-0.39, 0.29) is 6.10 Å². The summed E-state index contributed by atoms with van der Waals surface area (Å²) in [5.41, 5.74) is 5.55. The lowest BCUT2D eigenvalue weighted by atomic mass is 10.2. The molecule has 0 radical (unpaired) electrons. The van der Waals surface area contributed by atoms with Crippen molar-refractivity contribution in [3.05, 3.63) is 23.9 Å². The van der Waals surface area contributed by atoms with E-state index in [4.69, 9.17) is 15.2 Å². The minimum Gasteiger partial charge on any atom is -0.475 e. The van der Waals surface area contributed by atoms with Crippen molar-refractivity contribution in [2.24, 2.45) is 5.73 Å². The number of carbonyl (C=O) groups excluding carboxylic acids is 1. The number of rotatable bonds is 4.